The second-order valence-electron chi connectivity index (χ2n) is 9.94. The van der Waals surface area contributed by atoms with Crippen LogP contribution in [0.25, 0.3) is 5.76 Å². The lowest BCUT2D eigenvalue weighted by Gasteiger charge is -2.27. The van der Waals surface area contributed by atoms with Crippen molar-refractivity contribution >= 4 is 23.1 Å². The summed E-state index contributed by atoms with van der Waals surface area (Å²) in [5.41, 5.74) is 2.27. The number of aliphatic hydroxyl groups is 1. The second kappa shape index (κ2) is 12.1. The lowest BCUT2D eigenvalue weighted by Crippen LogP contribution is -2.29. The zero-order chi connectivity index (χ0) is 28.1. The summed E-state index contributed by atoms with van der Waals surface area (Å²) in [4.78, 5) is 28.5. The minimum atomic E-state index is -0.917. The number of benzene rings is 3. The molecule has 0 saturated carbocycles. The highest BCUT2D eigenvalue weighted by Crippen LogP contribution is 2.45. The van der Waals surface area contributed by atoms with E-state index in [4.69, 9.17) is 14.2 Å². The summed E-state index contributed by atoms with van der Waals surface area (Å²) in [6.07, 6.45) is 0.830. The van der Waals surface area contributed by atoms with Crippen molar-refractivity contribution < 1.29 is 28.9 Å². The largest absolute Gasteiger partial charge is 0.507 e. The van der Waals surface area contributed by atoms with Crippen LogP contribution in [0.1, 0.15) is 49.9 Å². The third kappa shape index (κ3) is 5.77. The standard InChI is InChI=1S/C32H35NO6/c1-6-16-38-24-11-9-10-23(18-24)33-29(25-12-7-8-13-27(25)37-5)28(31(35)32(33)36)30(34)22-14-15-26(21(4)17-22)39-19-20(2)3/h7-15,17-18,20,29,34H,6,16,19H2,1-5H3/b30-28+. The summed E-state index contributed by atoms with van der Waals surface area (Å²) >= 11 is 0. The fraction of sp³-hybridized carbons (Fsp3) is 0.312. The van der Waals surface area contributed by atoms with E-state index in [0.29, 0.717) is 53.2 Å². The number of hydrogen-bond donors (Lipinski definition) is 1. The minimum Gasteiger partial charge on any atom is -0.507 e. The number of para-hydroxylation sites is 1. The predicted molar refractivity (Wildman–Crippen MR) is 152 cm³/mol. The van der Waals surface area contributed by atoms with Gasteiger partial charge in [-0.3, -0.25) is 14.5 Å². The second-order valence-corrected chi connectivity index (χ2v) is 9.94. The molecule has 39 heavy (non-hydrogen) atoms. The van der Waals surface area contributed by atoms with E-state index in [1.54, 1.807) is 54.6 Å². The fourth-order valence-corrected chi connectivity index (χ4v) is 4.60. The molecule has 1 fully saturated rings. The molecule has 3 aromatic rings. The molecule has 0 spiro atoms. The van der Waals surface area contributed by atoms with Crippen molar-refractivity contribution in [3.8, 4) is 17.2 Å². The Morgan fingerprint density at radius 3 is 2.44 bits per heavy atom. The van der Waals surface area contributed by atoms with E-state index in [2.05, 4.69) is 13.8 Å². The van der Waals surface area contributed by atoms with Crippen LogP contribution in [0.3, 0.4) is 0 Å². The number of carbonyl (C=O) groups is 2. The number of hydrogen-bond acceptors (Lipinski definition) is 6. The Kier molecular flexibility index (Phi) is 8.59. The first kappa shape index (κ1) is 27.8. The number of aliphatic hydroxyl groups excluding tert-OH is 1. The summed E-state index contributed by atoms with van der Waals surface area (Å²) < 4.78 is 17.3. The topological polar surface area (TPSA) is 85.3 Å². The SMILES string of the molecule is CCCOc1cccc(N2C(=O)C(=O)/C(=C(/O)c3ccc(OCC(C)C)c(C)c3)C2c2ccccc2OC)c1. The van der Waals surface area contributed by atoms with E-state index in [1.165, 1.54) is 12.0 Å². The minimum absolute atomic E-state index is 0.0142. The first-order valence-corrected chi connectivity index (χ1v) is 13.2. The Morgan fingerprint density at radius 1 is 0.974 bits per heavy atom. The molecule has 0 bridgehead atoms. The molecular weight excluding hydrogens is 494 g/mol. The number of aryl methyl sites for hydroxylation is 1. The normalized spacial score (nSPS) is 16.6. The molecule has 0 aliphatic carbocycles. The van der Waals surface area contributed by atoms with Crippen LogP contribution in [0.15, 0.2) is 72.3 Å². The molecule has 7 nitrogen and oxygen atoms in total. The lowest BCUT2D eigenvalue weighted by atomic mass is 9.94. The van der Waals surface area contributed by atoms with Gasteiger partial charge < -0.3 is 19.3 Å². The average Bonchev–Trinajstić information content (AvgIpc) is 3.20. The van der Waals surface area contributed by atoms with Gasteiger partial charge >= 0.3 is 0 Å². The smallest absolute Gasteiger partial charge is 0.300 e. The molecule has 1 atom stereocenters. The number of rotatable bonds is 10. The van der Waals surface area contributed by atoms with Crippen LogP contribution in [0.4, 0.5) is 5.69 Å². The van der Waals surface area contributed by atoms with Gasteiger partial charge in [-0.05, 0) is 61.2 Å². The number of carbonyl (C=O) groups excluding carboxylic acids is 2. The molecule has 0 radical (unpaired) electrons. The molecule has 3 aromatic carbocycles. The van der Waals surface area contributed by atoms with E-state index in [-0.39, 0.29) is 11.3 Å². The maximum absolute atomic E-state index is 13.6. The quantitative estimate of drug-likeness (QED) is 0.184. The molecule has 4 rings (SSSR count). The molecule has 0 aromatic heterocycles. The first-order valence-electron chi connectivity index (χ1n) is 13.2. The van der Waals surface area contributed by atoms with E-state index < -0.39 is 17.7 Å². The van der Waals surface area contributed by atoms with Crippen LogP contribution in [0, 0.1) is 12.8 Å². The van der Waals surface area contributed by atoms with Gasteiger partial charge in [0, 0.05) is 22.9 Å². The third-order valence-electron chi connectivity index (χ3n) is 6.47. The summed E-state index contributed by atoms with van der Waals surface area (Å²) in [7, 11) is 1.53. The van der Waals surface area contributed by atoms with Crippen molar-refractivity contribution in [2.75, 3.05) is 25.2 Å². The number of methoxy groups -OCH3 is 1. The van der Waals surface area contributed by atoms with Crippen molar-refractivity contribution in [3.05, 3.63) is 89.0 Å². The van der Waals surface area contributed by atoms with Crippen molar-refractivity contribution in [2.45, 2.75) is 40.2 Å². The van der Waals surface area contributed by atoms with Crippen molar-refractivity contribution in [1.82, 2.24) is 0 Å². The molecule has 1 N–H and O–H groups in total. The zero-order valence-electron chi connectivity index (χ0n) is 23.1. The van der Waals surface area contributed by atoms with E-state index in [1.807, 2.05) is 26.0 Å². The van der Waals surface area contributed by atoms with Crippen LogP contribution in [0.5, 0.6) is 17.2 Å². The number of ketones is 1. The summed E-state index contributed by atoms with van der Waals surface area (Å²) in [6.45, 7) is 9.11. The molecule has 1 aliphatic rings. The maximum atomic E-state index is 13.6. The Morgan fingerprint density at radius 2 is 1.74 bits per heavy atom. The summed E-state index contributed by atoms with van der Waals surface area (Å²) in [6, 6.07) is 18.6. The third-order valence-corrected chi connectivity index (χ3v) is 6.47. The lowest BCUT2D eigenvalue weighted by molar-refractivity contribution is -0.132. The highest BCUT2D eigenvalue weighted by molar-refractivity contribution is 6.51. The van der Waals surface area contributed by atoms with E-state index >= 15 is 0 Å². The van der Waals surface area contributed by atoms with Crippen molar-refractivity contribution in [1.29, 1.82) is 0 Å². The molecule has 1 unspecified atom stereocenters. The van der Waals surface area contributed by atoms with Gasteiger partial charge in [-0.2, -0.15) is 0 Å². The van der Waals surface area contributed by atoms with Crippen molar-refractivity contribution in [2.24, 2.45) is 5.92 Å². The van der Waals surface area contributed by atoms with Crippen LogP contribution in [0.2, 0.25) is 0 Å². The molecule has 204 valence electrons. The Labute approximate surface area is 229 Å². The molecule has 7 heteroatoms. The fourth-order valence-electron chi connectivity index (χ4n) is 4.60. The van der Waals surface area contributed by atoms with E-state index in [9.17, 15) is 14.7 Å². The van der Waals surface area contributed by atoms with Crippen LogP contribution in [-0.4, -0.2) is 37.1 Å². The molecule has 1 amide bonds. The van der Waals surface area contributed by atoms with Gasteiger partial charge in [0.1, 0.15) is 23.0 Å². The predicted octanol–water partition coefficient (Wildman–Crippen LogP) is 6.45. The van der Waals surface area contributed by atoms with Gasteiger partial charge in [0.2, 0.25) is 0 Å². The highest BCUT2D eigenvalue weighted by Gasteiger charge is 2.48. The van der Waals surface area contributed by atoms with E-state index in [0.717, 1.165) is 12.0 Å². The van der Waals surface area contributed by atoms with Gasteiger partial charge in [-0.15, -0.1) is 0 Å². The molecule has 1 saturated heterocycles. The van der Waals surface area contributed by atoms with Gasteiger partial charge in [-0.25, -0.2) is 0 Å². The van der Waals surface area contributed by atoms with Crippen molar-refractivity contribution in [3.63, 3.8) is 0 Å². The Hall–Kier alpha value is -4.26. The summed E-state index contributed by atoms with van der Waals surface area (Å²) in [5, 5.41) is 11.5. The van der Waals surface area contributed by atoms with Gasteiger partial charge in [0.05, 0.1) is 31.9 Å². The molecule has 1 heterocycles. The summed E-state index contributed by atoms with van der Waals surface area (Å²) in [5.74, 6) is 0.361. The van der Waals surface area contributed by atoms with Crippen LogP contribution >= 0.6 is 0 Å². The number of ether oxygens (including phenoxy) is 3. The monoisotopic (exact) mass is 529 g/mol. The van der Waals surface area contributed by atoms with Crippen LogP contribution in [-0.2, 0) is 9.59 Å². The highest BCUT2D eigenvalue weighted by atomic mass is 16.5. The molecule has 1 aliphatic heterocycles. The number of nitrogens with zero attached hydrogens (tertiary/aromatic N) is 1. The van der Waals surface area contributed by atoms with Gasteiger partial charge in [0.15, 0.2) is 0 Å². The Bertz CT molecular complexity index is 1390. The number of Topliss-reactive ketones (excluding diaryl/α,β-unsaturated/α-hetero) is 1. The van der Waals surface area contributed by atoms with Crippen LogP contribution < -0.4 is 19.1 Å². The first-order chi connectivity index (χ1) is 18.8. The Balaban J connectivity index is 1.86. The number of amides is 1. The average molecular weight is 530 g/mol. The zero-order valence-corrected chi connectivity index (χ0v) is 23.1. The van der Waals surface area contributed by atoms with Gasteiger partial charge in [0.25, 0.3) is 11.7 Å². The van der Waals surface area contributed by atoms with Gasteiger partial charge in [-0.1, -0.05) is 45.0 Å². The maximum Gasteiger partial charge on any atom is 0.300 e. The number of anilines is 1. The molecular formula is C32H35NO6.